The summed E-state index contributed by atoms with van der Waals surface area (Å²) in [5, 5.41) is 6.22. The zero-order valence-electron chi connectivity index (χ0n) is 15.7. The van der Waals surface area contributed by atoms with E-state index in [1.807, 2.05) is 62.4 Å². The average Bonchev–Trinajstić information content (AvgIpc) is 2.67. The maximum absolute atomic E-state index is 12.5. The molecule has 0 aliphatic rings. The van der Waals surface area contributed by atoms with Gasteiger partial charge < -0.3 is 15.4 Å². The van der Waals surface area contributed by atoms with Gasteiger partial charge in [-0.1, -0.05) is 30.3 Å². The Morgan fingerprint density at radius 2 is 1.89 bits per heavy atom. The summed E-state index contributed by atoms with van der Waals surface area (Å²) in [6.45, 7) is 4.51. The summed E-state index contributed by atoms with van der Waals surface area (Å²) in [6, 6.07) is 17.4. The molecule has 1 aromatic heterocycles. The molecular formula is C22H23N3O2. The van der Waals surface area contributed by atoms with Crippen molar-refractivity contribution in [1.82, 2.24) is 10.3 Å². The lowest BCUT2D eigenvalue weighted by Gasteiger charge is -2.13. The van der Waals surface area contributed by atoms with Crippen molar-refractivity contribution in [2.24, 2.45) is 0 Å². The van der Waals surface area contributed by atoms with Crippen LogP contribution in [0, 0.1) is 13.8 Å². The number of rotatable bonds is 6. The molecule has 0 fully saturated rings. The zero-order chi connectivity index (χ0) is 19.2. The first kappa shape index (κ1) is 18.5. The Kier molecular flexibility index (Phi) is 5.71. The van der Waals surface area contributed by atoms with Crippen molar-refractivity contribution < 1.29 is 9.53 Å². The van der Waals surface area contributed by atoms with Crippen LogP contribution in [0.5, 0.6) is 5.75 Å². The molecule has 0 saturated carbocycles. The van der Waals surface area contributed by atoms with E-state index in [2.05, 4.69) is 15.6 Å². The van der Waals surface area contributed by atoms with Crippen LogP contribution < -0.4 is 15.4 Å². The summed E-state index contributed by atoms with van der Waals surface area (Å²) in [5.41, 5.74) is 5.33. The largest absolute Gasteiger partial charge is 0.495 e. The van der Waals surface area contributed by atoms with E-state index >= 15 is 0 Å². The average molecular weight is 361 g/mol. The molecule has 27 heavy (non-hydrogen) atoms. The smallest absolute Gasteiger partial charge is 0.270 e. The molecular weight excluding hydrogens is 338 g/mol. The van der Waals surface area contributed by atoms with E-state index in [4.69, 9.17) is 4.74 Å². The van der Waals surface area contributed by atoms with E-state index in [0.29, 0.717) is 12.2 Å². The molecule has 138 valence electrons. The van der Waals surface area contributed by atoms with Gasteiger partial charge in [0.25, 0.3) is 5.91 Å². The number of benzene rings is 2. The lowest BCUT2D eigenvalue weighted by atomic mass is 10.1. The van der Waals surface area contributed by atoms with Gasteiger partial charge in [-0.15, -0.1) is 0 Å². The van der Waals surface area contributed by atoms with Crippen molar-refractivity contribution in [2.75, 3.05) is 12.4 Å². The van der Waals surface area contributed by atoms with Crippen molar-refractivity contribution in [3.05, 3.63) is 83.2 Å². The molecule has 0 aliphatic heterocycles. The van der Waals surface area contributed by atoms with E-state index in [0.717, 1.165) is 33.8 Å². The molecule has 5 nitrogen and oxygen atoms in total. The van der Waals surface area contributed by atoms with Crippen LogP contribution in [0.3, 0.4) is 0 Å². The number of hydrogen-bond donors (Lipinski definition) is 2. The van der Waals surface area contributed by atoms with Crippen LogP contribution in [-0.4, -0.2) is 18.0 Å². The quantitative estimate of drug-likeness (QED) is 0.684. The van der Waals surface area contributed by atoms with Gasteiger partial charge in [-0.25, -0.2) is 0 Å². The molecule has 3 aromatic rings. The zero-order valence-corrected chi connectivity index (χ0v) is 15.7. The van der Waals surface area contributed by atoms with E-state index in [1.54, 1.807) is 19.4 Å². The fourth-order valence-electron chi connectivity index (χ4n) is 2.78. The van der Waals surface area contributed by atoms with Gasteiger partial charge >= 0.3 is 0 Å². The van der Waals surface area contributed by atoms with Crippen molar-refractivity contribution in [2.45, 2.75) is 20.4 Å². The third-order valence-electron chi connectivity index (χ3n) is 4.33. The third kappa shape index (κ3) is 4.64. The van der Waals surface area contributed by atoms with E-state index < -0.39 is 0 Å². The lowest BCUT2D eigenvalue weighted by molar-refractivity contribution is 0.0946. The Hall–Kier alpha value is -3.34. The van der Waals surface area contributed by atoms with Crippen LogP contribution in [-0.2, 0) is 6.54 Å². The fourth-order valence-corrected chi connectivity index (χ4v) is 2.78. The van der Waals surface area contributed by atoms with Crippen molar-refractivity contribution in [3.8, 4) is 5.75 Å². The molecule has 0 saturated heterocycles. The normalized spacial score (nSPS) is 10.3. The summed E-state index contributed by atoms with van der Waals surface area (Å²) >= 11 is 0. The summed E-state index contributed by atoms with van der Waals surface area (Å²) in [4.78, 5) is 16.7. The Balaban J connectivity index is 1.73. The summed E-state index contributed by atoms with van der Waals surface area (Å²) in [7, 11) is 1.63. The second-order valence-corrected chi connectivity index (χ2v) is 6.37. The fraction of sp³-hybridized carbons (Fsp3) is 0.182. The molecule has 0 spiro atoms. The molecule has 5 heteroatoms. The SMILES string of the molecule is COc1ccc(C)cc1Nc1ccnc(C(=O)NCc2ccccc2C)c1. The molecule has 1 amide bonds. The third-order valence-corrected chi connectivity index (χ3v) is 4.33. The van der Waals surface area contributed by atoms with Gasteiger partial charge in [-0.3, -0.25) is 9.78 Å². The first-order chi connectivity index (χ1) is 13.1. The van der Waals surface area contributed by atoms with Crippen LogP contribution in [0.25, 0.3) is 0 Å². The minimum atomic E-state index is -0.210. The Labute approximate surface area is 159 Å². The summed E-state index contributed by atoms with van der Waals surface area (Å²) in [6.07, 6.45) is 1.62. The molecule has 3 rings (SSSR count). The molecule has 2 N–H and O–H groups in total. The minimum Gasteiger partial charge on any atom is -0.495 e. The molecule has 0 radical (unpaired) electrons. The number of pyridine rings is 1. The van der Waals surface area contributed by atoms with Gasteiger partial charge in [0.15, 0.2) is 0 Å². The number of nitrogens with zero attached hydrogens (tertiary/aromatic N) is 1. The highest BCUT2D eigenvalue weighted by Gasteiger charge is 2.10. The highest BCUT2D eigenvalue weighted by Crippen LogP contribution is 2.28. The second kappa shape index (κ2) is 8.36. The maximum Gasteiger partial charge on any atom is 0.270 e. The van der Waals surface area contributed by atoms with Crippen molar-refractivity contribution >= 4 is 17.3 Å². The van der Waals surface area contributed by atoms with Gasteiger partial charge in [0, 0.05) is 18.4 Å². The molecule has 1 heterocycles. The van der Waals surface area contributed by atoms with Crippen LogP contribution >= 0.6 is 0 Å². The van der Waals surface area contributed by atoms with Crippen molar-refractivity contribution in [3.63, 3.8) is 0 Å². The summed E-state index contributed by atoms with van der Waals surface area (Å²) < 4.78 is 5.39. The summed E-state index contributed by atoms with van der Waals surface area (Å²) in [5.74, 6) is 0.529. The number of ether oxygens (including phenoxy) is 1. The lowest BCUT2D eigenvalue weighted by Crippen LogP contribution is -2.24. The van der Waals surface area contributed by atoms with Gasteiger partial charge in [-0.2, -0.15) is 0 Å². The number of carbonyl (C=O) groups excluding carboxylic acids is 1. The molecule has 2 aromatic carbocycles. The van der Waals surface area contributed by atoms with Crippen LogP contribution in [0.2, 0.25) is 0 Å². The highest BCUT2D eigenvalue weighted by atomic mass is 16.5. The molecule has 0 unspecified atom stereocenters. The number of amides is 1. The topological polar surface area (TPSA) is 63.2 Å². The van der Waals surface area contributed by atoms with E-state index in [1.165, 1.54) is 0 Å². The number of aryl methyl sites for hydroxylation is 2. The van der Waals surface area contributed by atoms with E-state index in [9.17, 15) is 4.79 Å². The number of nitrogens with one attached hydrogen (secondary N) is 2. The molecule has 0 atom stereocenters. The maximum atomic E-state index is 12.5. The second-order valence-electron chi connectivity index (χ2n) is 6.37. The Bertz CT molecular complexity index is 954. The minimum absolute atomic E-state index is 0.210. The number of anilines is 2. The molecule has 0 bridgehead atoms. The number of carbonyl (C=O) groups is 1. The predicted molar refractivity (Wildman–Crippen MR) is 108 cm³/mol. The molecule has 0 aliphatic carbocycles. The first-order valence-electron chi connectivity index (χ1n) is 8.77. The van der Waals surface area contributed by atoms with Gasteiger partial charge in [0.05, 0.1) is 12.8 Å². The van der Waals surface area contributed by atoms with Gasteiger partial charge in [0.2, 0.25) is 0 Å². The van der Waals surface area contributed by atoms with Gasteiger partial charge in [-0.05, 0) is 54.8 Å². The first-order valence-corrected chi connectivity index (χ1v) is 8.77. The van der Waals surface area contributed by atoms with Gasteiger partial charge in [0.1, 0.15) is 11.4 Å². The van der Waals surface area contributed by atoms with Crippen LogP contribution in [0.15, 0.2) is 60.8 Å². The number of hydrogen-bond acceptors (Lipinski definition) is 4. The Morgan fingerprint density at radius 3 is 2.67 bits per heavy atom. The van der Waals surface area contributed by atoms with E-state index in [-0.39, 0.29) is 5.91 Å². The number of aromatic nitrogens is 1. The monoisotopic (exact) mass is 361 g/mol. The highest BCUT2D eigenvalue weighted by molar-refractivity contribution is 5.93. The number of methoxy groups -OCH3 is 1. The van der Waals surface area contributed by atoms with Crippen molar-refractivity contribution in [1.29, 1.82) is 0 Å². The van der Waals surface area contributed by atoms with Crippen LogP contribution in [0.4, 0.5) is 11.4 Å². The van der Waals surface area contributed by atoms with Crippen LogP contribution in [0.1, 0.15) is 27.2 Å². The standard InChI is InChI=1S/C22H23N3O2/c1-15-8-9-21(27-3)19(12-15)25-18-10-11-23-20(13-18)22(26)24-14-17-7-5-4-6-16(17)2/h4-13H,14H2,1-3H3,(H,23,25)(H,24,26). The Morgan fingerprint density at radius 1 is 1.07 bits per heavy atom. The predicted octanol–water partition coefficient (Wildman–Crippen LogP) is 4.38.